The van der Waals surface area contributed by atoms with E-state index in [-0.39, 0.29) is 12.0 Å². The molecule has 0 saturated carbocycles. The highest BCUT2D eigenvalue weighted by atomic mass is 32.1. The summed E-state index contributed by atoms with van der Waals surface area (Å²) in [6.45, 7) is 5.59. The van der Waals surface area contributed by atoms with Gasteiger partial charge >= 0.3 is 0 Å². The van der Waals surface area contributed by atoms with Crippen molar-refractivity contribution in [3.63, 3.8) is 0 Å². The van der Waals surface area contributed by atoms with Crippen LogP contribution < -0.4 is 15.0 Å². The van der Waals surface area contributed by atoms with Gasteiger partial charge < -0.3 is 19.7 Å². The maximum absolute atomic E-state index is 12.5. The van der Waals surface area contributed by atoms with Crippen LogP contribution in [0.1, 0.15) is 24.6 Å². The van der Waals surface area contributed by atoms with Crippen LogP contribution in [0.15, 0.2) is 41.8 Å². The molecule has 0 radical (unpaired) electrons. The van der Waals surface area contributed by atoms with Gasteiger partial charge in [-0.1, -0.05) is 6.07 Å². The molecule has 1 unspecified atom stereocenters. The fourth-order valence-electron chi connectivity index (χ4n) is 3.23. The molecule has 1 amide bonds. The van der Waals surface area contributed by atoms with Gasteiger partial charge in [-0.25, -0.2) is 0 Å². The van der Waals surface area contributed by atoms with Gasteiger partial charge in [0.15, 0.2) is 6.54 Å². The number of amides is 1. The van der Waals surface area contributed by atoms with E-state index in [1.165, 1.54) is 9.78 Å². The Kier molecular flexibility index (Phi) is 7.05. The molecule has 3 rings (SSSR count). The van der Waals surface area contributed by atoms with Crippen LogP contribution in [0.25, 0.3) is 0 Å². The summed E-state index contributed by atoms with van der Waals surface area (Å²) in [5.41, 5.74) is 0.797. The molecule has 6 heteroatoms. The Morgan fingerprint density at radius 2 is 2.19 bits per heavy atom. The lowest BCUT2D eigenvalue weighted by atomic mass is 10.2. The number of nitrogens with one attached hydrogen (secondary N) is 2. The van der Waals surface area contributed by atoms with Crippen molar-refractivity contribution in [1.29, 1.82) is 0 Å². The summed E-state index contributed by atoms with van der Waals surface area (Å²) in [5.74, 6) is 0.840. The molecular formula is C20H27N2O3S+. The summed E-state index contributed by atoms with van der Waals surface area (Å²) >= 11 is 1.74. The monoisotopic (exact) mass is 375 g/mol. The van der Waals surface area contributed by atoms with Gasteiger partial charge in [-0.05, 0) is 55.5 Å². The van der Waals surface area contributed by atoms with Crippen LogP contribution in [0.2, 0.25) is 0 Å². The lowest BCUT2D eigenvalue weighted by molar-refractivity contribution is -0.908. The molecule has 2 atom stereocenters. The van der Waals surface area contributed by atoms with Crippen LogP contribution in [0.5, 0.6) is 5.75 Å². The van der Waals surface area contributed by atoms with Crippen LogP contribution in [-0.4, -0.2) is 38.3 Å². The zero-order valence-electron chi connectivity index (χ0n) is 15.2. The molecule has 1 aromatic heterocycles. The molecule has 1 aliphatic heterocycles. The highest BCUT2D eigenvalue weighted by Crippen LogP contribution is 2.15. The molecule has 0 bridgehead atoms. The maximum atomic E-state index is 12.5. The molecule has 26 heavy (non-hydrogen) atoms. The number of quaternary nitrogens is 1. The first-order valence-corrected chi connectivity index (χ1v) is 10.1. The molecule has 1 saturated heterocycles. The summed E-state index contributed by atoms with van der Waals surface area (Å²) < 4.78 is 11.2. The second kappa shape index (κ2) is 9.71. The van der Waals surface area contributed by atoms with E-state index < -0.39 is 0 Å². The van der Waals surface area contributed by atoms with Gasteiger partial charge in [0.05, 0.1) is 11.5 Å². The second-order valence-corrected chi connectivity index (χ2v) is 7.56. The molecule has 1 aromatic carbocycles. The first-order chi connectivity index (χ1) is 12.7. The third kappa shape index (κ3) is 5.83. The largest absolute Gasteiger partial charge is 0.494 e. The molecule has 2 aromatic rings. The summed E-state index contributed by atoms with van der Waals surface area (Å²) in [7, 11) is 0. The Labute approximate surface area is 158 Å². The zero-order chi connectivity index (χ0) is 18.2. The van der Waals surface area contributed by atoms with E-state index in [1.807, 2.05) is 31.2 Å². The summed E-state index contributed by atoms with van der Waals surface area (Å²) in [4.78, 5) is 15.1. The van der Waals surface area contributed by atoms with Crippen molar-refractivity contribution in [1.82, 2.24) is 0 Å². The fraction of sp³-hybridized carbons (Fsp3) is 0.450. The van der Waals surface area contributed by atoms with E-state index in [9.17, 15) is 4.79 Å². The van der Waals surface area contributed by atoms with Gasteiger partial charge in [0.2, 0.25) is 0 Å². The highest BCUT2D eigenvalue weighted by Gasteiger charge is 2.24. The predicted molar refractivity (Wildman–Crippen MR) is 104 cm³/mol. The standard InChI is InChI=1S/C20H26N2O3S/c1-2-24-17-9-7-16(8-10-17)21-20(23)15-22(13-18-5-3-11-25-18)14-19-6-4-12-26-19/h4,6-10,12,18H,2-3,5,11,13-15H2,1H3,(H,21,23)/p+1/t18-/m1/s1. The molecule has 140 valence electrons. The van der Waals surface area contributed by atoms with Crippen molar-refractivity contribution in [3.8, 4) is 5.75 Å². The smallest absolute Gasteiger partial charge is 0.279 e. The van der Waals surface area contributed by atoms with Crippen molar-refractivity contribution in [2.24, 2.45) is 0 Å². The molecule has 0 aliphatic carbocycles. The van der Waals surface area contributed by atoms with E-state index >= 15 is 0 Å². The van der Waals surface area contributed by atoms with Crippen LogP contribution in [-0.2, 0) is 16.1 Å². The van der Waals surface area contributed by atoms with Crippen molar-refractivity contribution in [3.05, 3.63) is 46.7 Å². The SMILES string of the molecule is CCOc1ccc(NC(=O)C[NH+](Cc2cccs2)C[C@H]2CCCO2)cc1. The van der Waals surface area contributed by atoms with Gasteiger partial charge in [-0.2, -0.15) is 0 Å². The maximum Gasteiger partial charge on any atom is 0.279 e. The van der Waals surface area contributed by atoms with E-state index in [0.717, 1.165) is 44.0 Å². The summed E-state index contributed by atoms with van der Waals surface area (Å²) in [6.07, 6.45) is 2.48. The van der Waals surface area contributed by atoms with Crippen molar-refractivity contribution < 1.29 is 19.2 Å². The minimum Gasteiger partial charge on any atom is -0.494 e. The van der Waals surface area contributed by atoms with Crippen molar-refractivity contribution in [2.75, 3.05) is 31.6 Å². The van der Waals surface area contributed by atoms with E-state index in [1.54, 1.807) is 11.3 Å². The number of rotatable bonds is 9. The van der Waals surface area contributed by atoms with Gasteiger partial charge in [0.1, 0.15) is 24.9 Å². The zero-order valence-corrected chi connectivity index (χ0v) is 16.0. The van der Waals surface area contributed by atoms with E-state index in [0.29, 0.717) is 13.2 Å². The average molecular weight is 376 g/mol. The minimum atomic E-state index is 0.0266. The highest BCUT2D eigenvalue weighted by molar-refractivity contribution is 7.09. The normalized spacial score (nSPS) is 17.8. The Hall–Kier alpha value is -1.89. The fourth-order valence-corrected chi connectivity index (χ4v) is 4.00. The molecule has 0 spiro atoms. The number of carbonyl (C=O) groups is 1. The predicted octanol–water partition coefficient (Wildman–Crippen LogP) is 2.35. The van der Waals surface area contributed by atoms with Crippen molar-refractivity contribution in [2.45, 2.75) is 32.4 Å². The number of hydrogen-bond donors (Lipinski definition) is 2. The lowest BCUT2D eigenvalue weighted by Crippen LogP contribution is -3.12. The Balaban J connectivity index is 1.56. The van der Waals surface area contributed by atoms with Gasteiger partial charge in [-0.3, -0.25) is 4.79 Å². The Morgan fingerprint density at radius 3 is 2.85 bits per heavy atom. The summed E-state index contributed by atoms with van der Waals surface area (Å²) in [6, 6.07) is 11.7. The third-order valence-electron chi connectivity index (χ3n) is 4.40. The first-order valence-electron chi connectivity index (χ1n) is 9.23. The van der Waals surface area contributed by atoms with Gasteiger partial charge in [0, 0.05) is 12.3 Å². The van der Waals surface area contributed by atoms with Gasteiger partial charge in [0.25, 0.3) is 5.91 Å². The number of anilines is 1. The van der Waals surface area contributed by atoms with Crippen LogP contribution >= 0.6 is 11.3 Å². The number of ether oxygens (including phenoxy) is 2. The Morgan fingerprint density at radius 1 is 1.35 bits per heavy atom. The van der Waals surface area contributed by atoms with Crippen molar-refractivity contribution >= 4 is 22.9 Å². The topological polar surface area (TPSA) is 52.0 Å². The molecular weight excluding hydrogens is 348 g/mol. The molecule has 2 N–H and O–H groups in total. The van der Waals surface area contributed by atoms with Crippen LogP contribution in [0.4, 0.5) is 5.69 Å². The van der Waals surface area contributed by atoms with E-state index in [2.05, 4.69) is 22.8 Å². The molecule has 5 nitrogen and oxygen atoms in total. The average Bonchev–Trinajstić information content (AvgIpc) is 3.31. The van der Waals surface area contributed by atoms with Crippen LogP contribution in [0, 0.1) is 0 Å². The van der Waals surface area contributed by atoms with Gasteiger partial charge in [-0.15, -0.1) is 11.3 Å². The summed E-state index contributed by atoms with van der Waals surface area (Å²) in [5, 5.41) is 5.08. The van der Waals surface area contributed by atoms with Crippen LogP contribution in [0.3, 0.4) is 0 Å². The molecule has 1 aliphatic rings. The quantitative estimate of drug-likeness (QED) is 0.707. The number of benzene rings is 1. The first kappa shape index (κ1) is 18.9. The number of thiophene rings is 1. The van der Waals surface area contributed by atoms with E-state index in [4.69, 9.17) is 9.47 Å². The Bertz CT molecular complexity index is 667. The third-order valence-corrected chi connectivity index (χ3v) is 5.28. The number of carbonyl (C=O) groups excluding carboxylic acids is 1. The second-order valence-electron chi connectivity index (χ2n) is 6.53. The lowest BCUT2D eigenvalue weighted by Gasteiger charge is -2.21. The number of hydrogen-bond acceptors (Lipinski definition) is 4. The molecule has 1 fully saturated rings. The molecule has 2 heterocycles. The minimum absolute atomic E-state index is 0.0266.